The first kappa shape index (κ1) is 66.6. The quantitative estimate of drug-likeness (QED) is 0.0262. The molecule has 0 aromatic rings. The first-order valence-electron chi connectivity index (χ1n) is 28.7. The second-order valence-electron chi connectivity index (χ2n) is 18.5. The molecular weight excluding hydrogens is 877 g/mol. The summed E-state index contributed by atoms with van der Waals surface area (Å²) in [5, 5.41) is 0. The number of hydrogen-bond acceptors (Lipinski definition) is 6. The van der Waals surface area contributed by atoms with Gasteiger partial charge in [-0.1, -0.05) is 231 Å². The van der Waals surface area contributed by atoms with Gasteiger partial charge in [0.1, 0.15) is 13.2 Å². The maximum Gasteiger partial charge on any atom is 0.306 e. The van der Waals surface area contributed by atoms with Gasteiger partial charge < -0.3 is 14.2 Å². The molecule has 0 aliphatic carbocycles. The van der Waals surface area contributed by atoms with Crippen molar-refractivity contribution in [3.63, 3.8) is 0 Å². The lowest BCUT2D eigenvalue weighted by atomic mass is 10.1. The highest BCUT2D eigenvalue weighted by Gasteiger charge is 2.19. The van der Waals surface area contributed by atoms with Crippen LogP contribution in [0.5, 0.6) is 0 Å². The summed E-state index contributed by atoms with van der Waals surface area (Å²) in [5.41, 5.74) is 0. The van der Waals surface area contributed by atoms with Crippen LogP contribution in [0.3, 0.4) is 0 Å². The highest BCUT2D eigenvalue weighted by atomic mass is 16.6. The van der Waals surface area contributed by atoms with E-state index in [2.05, 4.69) is 142 Å². The van der Waals surface area contributed by atoms with Gasteiger partial charge in [-0.2, -0.15) is 0 Å². The van der Waals surface area contributed by atoms with Gasteiger partial charge in [-0.25, -0.2) is 0 Å². The molecule has 0 amide bonds. The summed E-state index contributed by atoms with van der Waals surface area (Å²) >= 11 is 0. The van der Waals surface area contributed by atoms with Gasteiger partial charge in [0.05, 0.1) is 0 Å². The van der Waals surface area contributed by atoms with E-state index in [1.807, 2.05) is 12.2 Å². The van der Waals surface area contributed by atoms with Crippen LogP contribution in [0.4, 0.5) is 0 Å². The Kier molecular flexibility index (Phi) is 54.5. The average molecular weight is 982 g/mol. The van der Waals surface area contributed by atoms with Gasteiger partial charge in [0, 0.05) is 19.3 Å². The number of carbonyl (C=O) groups is 3. The molecule has 0 spiro atoms. The van der Waals surface area contributed by atoms with E-state index in [0.717, 1.165) is 83.5 Å². The second kappa shape index (κ2) is 58.1. The standard InChI is InChI=1S/C65H104O6/c1-4-7-10-13-16-19-22-25-28-31-32-35-37-40-43-46-49-52-55-58-64(67)70-61-62(71-65(68)59-56-53-50-47-44-41-38-34-30-27-24-21-18-15-12-9-6-3)60-69-63(66)57-54-51-48-45-42-39-36-33-29-26-23-20-17-14-11-8-5-2/h7,10,16,18-19,21,25-30,32,35,38,40-41,43,47,49-50,52,62H,4-6,8-9,11-15,17,20,22-24,31,33-34,36-37,39,42,44-46,48,51,53-61H2,1-3H3/b10-7-,19-16-,21-18-,28-25-,29-26-,30-27-,35-32-,41-38-,43-40-,50-47-,52-49-/t62-/m0/s1. The van der Waals surface area contributed by atoms with Crippen LogP contribution in [-0.4, -0.2) is 37.2 Å². The van der Waals surface area contributed by atoms with Crippen LogP contribution in [0.25, 0.3) is 0 Å². The number of esters is 3. The van der Waals surface area contributed by atoms with Gasteiger partial charge in [-0.3, -0.25) is 14.4 Å². The maximum atomic E-state index is 12.8. The normalized spacial score (nSPS) is 13.1. The topological polar surface area (TPSA) is 78.9 Å². The fourth-order valence-corrected chi connectivity index (χ4v) is 7.34. The minimum absolute atomic E-state index is 0.129. The molecule has 0 aromatic carbocycles. The lowest BCUT2D eigenvalue weighted by molar-refractivity contribution is -0.166. The molecule has 0 aliphatic rings. The molecule has 0 heterocycles. The summed E-state index contributed by atoms with van der Waals surface area (Å²) in [6.45, 7) is 6.37. The van der Waals surface area contributed by atoms with E-state index >= 15 is 0 Å². The van der Waals surface area contributed by atoms with Crippen LogP contribution in [-0.2, 0) is 28.6 Å². The molecule has 0 fully saturated rings. The van der Waals surface area contributed by atoms with Crippen molar-refractivity contribution in [2.75, 3.05) is 13.2 Å². The number of ether oxygens (including phenoxy) is 3. The second-order valence-corrected chi connectivity index (χ2v) is 18.5. The monoisotopic (exact) mass is 981 g/mol. The van der Waals surface area contributed by atoms with E-state index in [0.29, 0.717) is 19.3 Å². The van der Waals surface area contributed by atoms with Crippen LogP contribution in [0.2, 0.25) is 0 Å². The van der Waals surface area contributed by atoms with Crippen LogP contribution in [0, 0.1) is 0 Å². The Morgan fingerprint density at radius 2 is 0.592 bits per heavy atom. The third kappa shape index (κ3) is 56.3. The highest BCUT2D eigenvalue weighted by Crippen LogP contribution is 2.13. The van der Waals surface area contributed by atoms with Crippen LogP contribution in [0.1, 0.15) is 239 Å². The van der Waals surface area contributed by atoms with Gasteiger partial charge in [0.25, 0.3) is 0 Å². The van der Waals surface area contributed by atoms with Gasteiger partial charge >= 0.3 is 17.9 Å². The van der Waals surface area contributed by atoms with Crippen molar-refractivity contribution >= 4 is 17.9 Å². The van der Waals surface area contributed by atoms with Crippen molar-refractivity contribution in [1.82, 2.24) is 0 Å². The molecule has 1 atom stereocenters. The summed E-state index contributed by atoms with van der Waals surface area (Å²) in [7, 11) is 0. The van der Waals surface area contributed by atoms with E-state index in [1.54, 1.807) is 0 Å². The first-order chi connectivity index (χ1) is 35.0. The predicted molar refractivity (Wildman–Crippen MR) is 306 cm³/mol. The smallest absolute Gasteiger partial charge is 0.306 e. The zero-order chi connectivity index (χ0) is 51.4. The molecule has 0 bridgehead atoms. The Labute approximate surface area is 436 Å². The molecule has 0 saturated heterocycles. The van der Waals surface area contributed by atoms with Crippen LogP contribution >= 0.6 is 0 Å². The van der Waals surface area contributed by atoms with Crippen molar-refractivity contribution in [2.24, 2.45) is 0 Å². The maximum absolute atomic E-state index is 12.8. The van der Waals surface area contributed by atoms with Crippen molar-refractivity contribution < 1.29 is 28.6 Å². The molecule has 0 rings (SSSR count). The summed E-state index contributed by atoms with van der Waals surface area (Å²) in [6, 6.07) is 0. The van der Waals surface area contributed by atoms with E-state index < -0.39 is 6.10 Å². The molecule has 6 nitrogen and oxygen atoms in total. The lowest BCUT2D eigenvalue weighted by Crippen LogP contribution is -2.30. The van der Waals surface area contributed by atoms with Gasteiger partial charge in [-0.15, -0.1) is 0 Å². The molecule has 0 aromatic heterocycles. The third-order valence-corrected chi connectivity index (χ3v) is 11.6. The Balaban J connectivity index is 4.61. The average Bonchev–Trinajstić information content (AvgIpc) is 3.37. The Morgan fingerprint density at radius 1 is 0.296 bits per heavy atom. The summed E-state index contributed by atoms with van der Waals surface area (Å²) in [6.07, 6.45) is 81.7. The zero-order valence-corrected chi connectivity index (χ0v) is 45.7. The van der Waals surface area contributed by atoms with E-state index in [1.165, 1.54) is 103 Å². The minimum atomic E-state index is -0.844. The number of carbonyl (C=O) groups excluding carboxylic acids is 3. The first-order valence-corrected chi connectivity index (χ1v) is 28.7. The number of rotatable bonds is 50. The Bertz CT molecular complexity index is 1550. The molecule has 0 unspecified atom stereocenters. The predicted octanol–water partition coefficient (Wildman–Crippen LogP) is 19.4. The van der Waals surface area contributed by atoms with E-state index in [-0.39, 0.29) is 44.0 Å². The molecule has 0 saturated carbocycles. The number of hydrogen-bond donors (Lipinski definition) is 0. The van der Waals surface area contributed by atoms with Crippen molar-refractivity contribution in [1.29, 1.82) is 0 Å². The van der Waals surface area contributed by atoms with Crippen molar-refractivity contribution in [3.05, 3.63) is 134 Å². The summed E-state index contributed by atoms with van der Waals surface area (Å²) < 4.78 is 16.7. The van der Waals surface area contributed by atoms with Gasteiger partial charge in [0.15, 0.2) is 6.10 Å². The zero-order valence-electron chi connectivity index (χ0n) is 45.7. The van der Waals surface area contributed by atoms with E-state index in [4.69, 9.17) is 14.2 Å². The Morgan fingerprint density at radius 3 is 1.03 bits per heavy atom. The van der Waals surface area contributed by atoms with Crippen molar-refractivity contribution in [3.8, 4) is 0 Å². The molecule has 0 aliphatic heterocycles. The molecule has 6 heteroatoms. The fourth-order valence-electron chi connectivity index (χ4n) is 7.34. The van der Waals surface area contributed by atoms with Crippen LogP contribution in [0.15, 0.2) is 134 Å². The molecular formula is C65H104O6. The SMILES string of the molecule is CC/C=C\C/C=C\C/C=C\C/C=C\C/C=C\C/C=C\CCC(=O)OC[C@H](COC(=O)CCCCCCCCC/C=C\CCCCCCCC)OC(=O)CCC/C=C\C/C=C\C/C=C\C/C=C\CCCCC. The molecule has 71 heavy (non-hydrogen) atoms. The Hall–Kier alpha value is -4.45. The summed E-state index contributed by atoms with van der Waals surface area (Å²) in [5.74, 6) is -1.08. The fraction of sp³-hybridized carbons (Fsp3) is 0.615. The lowest BCUT2D eigenvalue weighted by Gasteiger charge is -2.18. The van der Waals surface area contributed by atoms with Crippen molar-refractivity contribution in [2.45, 2.75) is 245 Å². The van der Waals surface area contributed by atoms with E-state index in [9.17, 15) is 14.4 Å². The van der Waals surface area contributed by atoms with Crippen LogP contribution < -0.4 is 0 Å². The number of allylic oxidation sites excluding steroid dienone is 22. The molecule has 0 radical (unpaired) electrons. The van der Waals surface area contributed by atoms with Gasteiger partial charge in [0.2, 0.25) is 0 Å². The summed E-state index contributed by atoms with van der Waals surface area (Å²) in [4.78, 5) is 38.1. The molecule has 0 N–H and O–H groups in total. The highest BCUT2D eigenvalue weighted by molar-refractivity contribution is 5.71. The largest absolute Gasteiger partial charge is 0.462 e. The number of unbranched alkanes of at least 4 members (excludes halogenated alkanes) is 17. The minimum Gasteiger partial charge on any atom is -0.462 e. The van der Waals surface area contributed by atoms with Gasteiger partial charge in [-0.05, 0) is 122 Å². The third-order valence-electron chi connectivity index (χ3n) is 11.6. The molecule has 400 valence electrons.